The molecule has 0 unspecified atom stereocenters. The number of benzene rings is 1. The largest absolute Gasteiger partial charge is 0.406 e. The Morgan fingerprint density at radius 2 is 1.90 bits per heavy atom. The molecule has 1 aromatic carbocycles. The Kier molecular flexibility index (Phi) is 3.29. The van der Waals surface area contributed by atoms with Crippen molar-refractivity contribution in [3.8, 4) is 10.6 Å². The van der Waals surface area contributed by atoms with Crippen LogP contribution in [0.1, 0.15) is 0 Å². The fourth-order valence-corrected chi connectivity index (χ4v) is 2.89. The molecule has 3 aromatic rings. The first-order valence-electron chi connectivity index (χ1n) is 6.06. The summed E-state index contributed by atoms with van der Waals surface area (Å²) in [6.07, 6.45) is -4.47. The lowest BCUT2D eigenvalue weighted by Crippen LogP contribution is -2.30. The molecule has 7 heteroatoms. The summed E-state index contributed by atoms with van der Waals surface area (Å²) < 4.78 is 38.6. The van der Waals surface area contributed by atoms with Crippen LogP contribution in [0.2, 0.25) is 0 Å². The molecule has 0 amide bonds. The average molecular weight is 310 g/mol. The number of alkyl halides is 3. The molecule has 3 rings (SSSR count). The van der Waals surface area contributed by atoms with E-state index in [2.05, 4.69) is 4.98 Å². The number of rotatable bonds is 2. The van der Waals surface area contributed by atoms with Crippen LogP contribution in [-0.4, -0.2) is 15.7 Å². The van der Waals surface area contributed by atoms with E-state index in [1.165, 1.54) is 17.4 Å². The maximum atomic E-state index is 12.6. The first-order chi connectivity index (χ1) is 9.96. The van der Waals surface area contributed by atoms with Crippen molar-refractivity contribution in [2.75, 3.05) is 0 Å². The molecule has 0 N–H and O–H groups in total. The Balaban J connectivity index is 2.31. The Hall–Kier alpha value is -2.15. The zero-order chi connectivity index (χ0) is 15.0. The molecule has 2 aromatic heterocycles. The van der Waals surface area contributed by atoms with Crippen molar-refractivity contribution in [3.05, 3.63) is 52.3 Å². The fourth-order valence-electron chi connectivity index (χ4n) is 2.16. The van der Waals surface area contributed by atoms with Crippen LogP contribution in [0.4, 0.5) is 13.2 Å². The average Bonchev–Trinajstić information content (AvgIpc) is 2.94. The van der Waals surface area contributed by atoms with Gasteiger partial charge in [-0.25, -0.2) is 4.79 Å². The van der Waals surface area contributed by atoms with E-state index in [4.69, 9.17) is 0 Å². The number of aromatic nitrogens is 2. The third-order valence-corrected chi connectivity index (χ3v) is 3.86. The monoisotopic (exact) mass is 310 g/mol. The van der Waals surface area contributed by atoms with E-state index in [1.807, 2.05) is 5.38 Å². The van der Waals surface area contributed by atoms with E-state index in [-0.39, 0.29) is 5.52 Å². The molecule has 0 atom stereocenters. The van der Waals surface area contributed by atoms with Crippen LogP contribution in [0, 0.1) is 0 Å². The quantitative estimate of drug-likeness (QED) is 0.723. The first kappa shape index (κ1) is 13.8. The highest BCUT2D eigenvalue weighted by atomic mass is 32.1. The molecule has 0 bridgehead atoms. The molecular weight excluding hydrogens is 301 g/mol. The second-order valence-electron chi connectivity index (χ2n) is 4.44. The first-order valence-corrected chi connectivity index (χ1v) is 6.94. The second kappa shape index (κ2) is 5.00. The summed E-state index contributed by atoms with van der Waals surface area (Å²) in [7, 11) is 0. The maximum Gasteiger partial charge on any atom is 0.406 e. The number of thiophene rings is 1. The highest BCUT2D eigenvalue weighted by Crippen LogP contribution is 2.29. The van der Waals surface area contributed by atoms with Crippen molar-refractivity contribution < 1.29 is 13.2 Å². The topological polar surface area (TPSA) is 34.9 Å². The number of nitrogens with zero attached hydrogens (tertiary/aromatic N) is 2. The molecule has 21 heavy (non-hydrogen) atoms. The molecule has 3 nitrogen and oxygen atoms in total. The van der Waals surface area contributed by atoms with Crippen LogP contribution in [-0.2, 0) is 6.54 Å². The minimum atomic E-state index is -4.47. The predicted octanol–water partition coefficient (Wildman–Crippen LogP) is 3.69. The Morgan fingerprint density at radius 3 is 2.57 bits per heavy atom. The van der Waals surface area contributed by atoms with E-state index in [0.29, 0.717) is 15.6 Å². The summed E-state index contributed by atoms with van der Waals surface area (Å²) in [6, 6.07) is 10.1. The molecule has 0 radical (unpaired) electrons. The maximum absolute atomic E-state index is 12.6. The lowest BCUT2D eigenvalue weighted by molar-refractivity contribution is -0.140. The Bertz CT molecular complexity index is 838. The fraction of sp³-hybridized carbons (Fsp3) is 0.143. The van der Waals surface area contributed by atoms with Gasteiger partial charge in [0.1, 0.15) is 6.54 Å². The van der Waals surface area contributed by atoms with Gasteiger partial charge in [-0.2, -0.15) is 18.2 Å². The smallest absolute Gasteiger partial charge is 0.283 e. The molecule has 0 saturated heterocycles. The third-order valence-electron chi connectivity index (χ3n) is 2.98. The van der Waals surface area contributed by atoms with Crippen LogP contribution in [0.15, 0.2) is 46.6 Å². The molecule has 0 aliphatic carbocycles. The van der Waals surface area contributed by atoms with Gasteiger partial charge < -0.3 is 0 Å². The van der Waals surface area contributed by atoms with E-state index in [1.54, 1.807) is 30.3 Å². The van der Waals surface area contributed by atoms with Gasteiger partial charge in [-0.1, -0.05) is 24.3 Å². The van der Waals surface area contributed by atoms with Gasteiger partial charge in [0, 0.05) is 5.39 Å². The highest BCUT2D eigenvalue weighted by molar-refractivity contribution is 7.13. The molecule has 0 aliphatic rings. The van der Waals surface area contributed by atoms with Crippen molar-refractivity contribution in [2.45, 2.75) is 12.7 Å². The van der Waals surface area contributed by atoms with Crippen LogP contribution in [0.3, 0.4) is 0 Å². The van der Waals surface area contributed by atoms with E-state index < -0.39 is 18.4 Å². The number of hydrogen-bond acceptors (Lipinski definition) is 3. The van der Waals surface area contributed by atoms with Crippen LogP contribution >= 0.6 is 11.3 Å². The van der Waals surface area contributed by atoms with Crippen LogP contribution < -0.4 is 5.69 Å². The summed E-state index contributed by atoms with van der Waals surface area (Å²) in [5.74, 6) is 0. The summed E-state index contributed by atoms with van der Waals surface area (Å²) in [4.78, 5) is 16.6. The number of para-hydroxylation sites is 1. The number of fused-ring (bicyclic) bond motifs is 1. The van der Waals surface area contributed by atoms with Gasteiger partial charge in [0.05, 0.1) is 16.1 Å². The van der Waals surface area contributed by atoms with E-state index in [0.717, 1.165) is 4.88 Å². The molecule has 0 aliphatic heterocycles. The predicted molar refractivity (Wildman–Crippen MR) is 75.4 cm³/mol. The Labute approximate surface area is 121 Å². The van der Waals surface area contributed by atoms with Gasteiger partial charge in [0.25, 0.3) is 0 Å². The van der Waals surface area contributed by atoms with E-state index >= 15 is 0 Å². The summed E-state index contributed by atoms with van der Waals surface area (Å²) in [5.41, 5.74) is -0.239. The van der Waals surface area contributed by atoms with Gasteiger partial charge in [-0.3, -0.25) is 4.57 Å². The molecule has 0 fully saturated rings. The van der Waals surface area contributed by atoms with Crippen molar-refractivity contribution >= 4 is 22.2 Å². The van der Waals surface area contributed by atoms with Crippen LogP contribution in [0.25, 0.3) is 21.5 Å². The third kappa shape index (κ3) is 2.69. The minimum absolute atomic E-state index is 0.234. The molecule has 108 valence electrons. The number of hydrogen-bond donors (Lipinski definition) is 0. The van der Waals surface area contributed by atoms with Crippen molar-refractivity contribution in [1.29, 1.82) is 0 Å². The minimum Gasteiger partial charge on any atom is -0.283 e. The highest BCUT2D eigenvalue weighted by Gasteiger charge is 2.29. The SMILES string of the molecule is O=c1nc(-c2cccs2)c2ccccc2n1CC(F)(F)F. The second-order valence-corrected chi connectivity index (χ2v) is 5.39. The van der Waals surface area contributed by atoms with Gasteiger partial charge in [-0.15, -0.1) is 11.3 Å². The normalized spacial score (nSPS) is 12.0. The number of halogens is 3. The molecular formula is C14H9F3N2OS. The lowest BCUT2D eigenvalue weighted by Gasteiger charge is -2.13. The van der Waals surface area contributed by atoms with Crippen molar-refractivity contribution in [2.24, 2.45) is 0 Å². The lowest BCUT2D eigenvalue weighted by atomic mass is 10.1. The van der Waals surface area contributed by atoms with Crippen molar-refractivity contribution in [3.63, 3.8) is 0 Å². The van der Waals surface area contributed by atoms with Gasteiger partial charge in [-0.05, 0) is 17.5 Å². The zero-order valence-corrected chi connectivity index (χ0v) is 11.4. The molecule has 0 saturated carbocycles. The summed E-state index contributed by atoms with van der Waals surface area (Å²) >= 11 is 1.39. The van der Waals surface area contributed by atoms with Gasteiger partial charge in [0.2, 0.25) is 0 Å². The van der Waals surface area contributed by atoms with Gasteiger partial charge in [0.15, 0.2) is 0 Å². The summed E-state index contributed by atoms with van der Waals surface area (Å²) in [6.45, 7) is -1.34. The van der Waals surface area contributed by atoms with Crippen LogP contribution in [0.5, 0.6) is 0 Å². The summed E-state index contributed by atoms with van der Waals surface area (Å²) in [5, 5.41) is 2.36. The standard InChI is InChI=1S/C14H9F3N2OS/c15-14(16,17)8-19-10-5-2-1-4-9(10)12(18-13(19)20)11-6-3-7-21-11/h1-7H,8H2. The Morgan fingerprint density at radius 1 is 1.14 bits per heavy atom. The molecule has 0 spiro atoms. The van der Waals surface area contributed by atoms with E-state index in [9.17, 15) is 18.0 Å². The van der Waals surface area contributed by atoms with Crippen molar-refractivity contribution in [1.82, 2.24) is 9.55 Å². The van der Waals surface area contributed by atoms with Gasteiger partial charge >= 0.3 is 11.9 Å². The zero-order valence-electron chi connectivity index (χ0n) is 10.6. The molecule has 2 heterocycles.